The van der Waals surface area contributed by atoms with Gasteiger partial charge in [0.25, 0.3) is 0 Å². The molecule has 11 aromatic rings. The Morgan fingerprint density at radius 2 is 0.746 bits per heavy atom. The molecule has 11 rings (SSSR count). The summed E-state index contributed by atoms with van der Waals surface area (Å²) in [6, 6.07) is 74.9. The highest BCUT2D eigenvalue weighted by Gasteiger charge is 2.18. The maximum absolute atomic E-state index is 5.40. The minimum absolute atomic E-state index is 0.675. The van der Waals surface area contributed by atoms with Crippen LogP contribution in [0.1, 0.15) is 0 Å². The Bertz CT molecular complexity index is 3170. The first kappa shape index (κ1) is 34.7. The van der Waals surface area contributed by atoms with E-state index < -0.39 is 0 Å². The van der Waals surface area contributed by atoms with E-state index in [0.29, 0.717) is 5.82 Å². The van der Waals surface area contributed by atoms with Crippen molar-refractivity contribution >= 4 is 42.4 Å². The summed E-state index contributed by atoms with van der Waals surface area (Å²) in [6.45, 7) is 0. The van der Waals surface area contributed by atoms with Gasteiger partial charge < -0.3 is 0 Å². The number of rotatable bonds is 7. The average Bonchev–Trinajstić information content (AvgIpc) is 3.72. The van der Waals surface area contributed by atoms with Gasteiger partial charge in [-0.3, -0.25) is 0 Å². The SMILES string of the molecule is c1ccc(-c2ccc(-c3cc(-c4ccc(-c5ccccc5)cc4)nc(-c4ccc(-c5nc6cc(-c7ccccc7)ccc6c6c5sc5ccccc56)cc4)n3)cc2)cc1. The van der Waals surface area contributed by atoms with Gasteiger partial charge in [-0.25, -0.2) is 15.0 Å². The molecule has 3 aromatic heterocycles. The van der Waals surface area contributed by atoms with E-state index in [2.05, 4.69) is 200 Å². The minimum Gasteiger partial charge on any atom is -0.246 e. The Morgan fingerprint density at radius 1 is 0.305 bits per heavy atom. The van der Waals surface area contributed by atoms with Crippen molar-refractivity contribution in [2.75, 3.05) is 0 Å². The molecule has 0 bridgehead atoms. The normalized spacial score (nSPS) is 11.4. The summed E-state index contributed by atoms with van der Waals surface area (Å²) < 4.78 is 2.45. The third kappa shape index (κ3) is 6.56. The van der Waals surface area contributed by atoms with Crippen LogP contribution in [0.4, 0.5) is 0 Å². The van der Waals surface area contributed by atoms with Crippen molar-refractivity contribution in [1.82, 2.24) is 15.0 Å². The lowest BCUT2D eigenvalue weighted by Gasteiger charge is -2.12. The monoisotopic (exact) mass is 769 g/mol. The Labute approximate surface area is 346 Å². The third-order valence-corrected chi connectivity index (χ3v) is 12.3. The first-order chi connectivity index (χ1) is 29.2. The lowest BCUT2D eigenvalue weighted by atomic mass is 9.99. The summed E-state index contributed by atoms with van der Waals surface area (Å²) >= 11 is 1.81. The second kappa shape index (κ2) is 14.8. The van der Waals surface area contributed by atoms with Gasteiger partial charge in [0.2, 0.25) is 0 Å². The van der Waals surface area contributed by atoms with Crippen LogP contribution in [0.3, 0.4) is 0 Å². The van der Waals surface area contributed by atoms with Crippen molar-refractivity contribution < 1.29 is 0 Å². The highest BCUT2D eigenvalue weighted by molar-refractivity contribution is 7.26. The standard InChI is InChI=1S/C55H35N3S/c1-4-12-36(13-5-1)39-20-24-41(25-21-39)48-35-49(42-26-22-40(23-27-42)37-14-6-2-7-15-37)58-55(57-48)44-30-28-43(29-31-44)53-54-52(47-18-10-11-19-51(47)59-54)46-33-32-45(34-50(46)56-53)38-16-8-3-9-17-38/h1-35H. The van der Waals surface area contributed by atoms with E-state index in [9.17, 15) is 0 Å². The van der Waals surface area contributed by atoms with Crippen LogP contribution >= 0.6 is 11.3 Å². The van der Waals surface area contributed by atoms with E-state index in [-0.39, 0.29) is 0 Å². The Balaban J connectivity index is 1.02. The highest BCUT2D eigenvalue weighted by atomic mass is 32.1. The fourth-order valence-corrected chi connectivity index (χ4v) is 9.30. The van der Waals surface area contributed by atoms with Crippen molar-refractivity contribution in [2.45, 2.75) is 0 Å². The van der Waals surface area contributed by atoms with Crippen LogP contribution in [0.25, 0.3) is 110 Å². The van der Waals surface area contributed by atoms with Gasteiger partial charge in [-0.2, -0.15) is 0 Å². The number of thiophene rings is 1. The molecule has 0 saturated carbocycles. The summed E-state index contributed by atoms with van der Waals surface area (Å²) in [4.78, 5) is 15.8. The minimum atomic E-state index is 0.675. The van der Waals surface area contributed by atoms with Gasteiger partial charge in [-0.15, -0.1) is 11.3 Å². The van der Waals surface area contributed by atoms with Crippen LogP contribution in [0, 0.1) is 0 Å². The van der Waals surface area contributed by atoms with Gasteiger partial charge in [0.1, 0.15) is 0 Å². The highest BCUT2D eigenvalue weighted by Crippen LogP contribution is 2.43. The van der Waals surface area contributed by atoms with Crippen LogP contribution in [0.5, 0.6) is 0 Å². The Kier molecular flexibility index (Phi) is 8.68. The average molecular weight is 770 g/mol. The summed E-state index contributed by atoms with van der Waals surface area (Å²) in [5.41, 5.74) is 14.8. The first-order valence-corrected chi connectivity index (χ1v) is 20.7. The maximum Gasteiger partial charge on any atom is 0.160 e. The molecule has 3 nitrogen and oxygen atoms in total. The van der Waals surface area contributed by atoms with E-state index in [1.54, 1.807) is 0 Å². The van der Waals surface area contributed by atoms with E-state index in [0.717, 1.165) is 50.4 Å². The molecule has 0 spiro atoms. The molecule has 4 heteroatoms. The van der Waals surface area contributed by atoms with E-state index >= 15 is 0 Å². The fourth-order valence-electron chi connectivity index (χ4n) is 8.07. The topological polar surface area (TPSA) is 38.7 Å². The van der Waals surface area contributed by atoms with Gasteiger partial charge >= 0.3 is 0 Å². The molecule has 0 aliphatic heterocycles. The van der Waals surface area contributed by atoms with Crippen molar-refractivity contribution in [1.29, 1.82) is 0 Å². The zero-order chi connectivity index (χ0) is 39.1. The number of fused-ring (bicyclic) bond motifs is 5. The fraction of sp³-hybridized carbons (Fsp3) is 0. The lowest BCUT2D eigenvalue weighted by Crippen LogP contribution is -1.96. The molecule has 0 radical (unpaired) electrons. The molecule has 276 valence electrons. The number of benzene rings is 8. The molecule has 0 N–H and O–H groups in total. The van der Waals surface area contributed by atoms with E-state index in [4.69, 9.17) is 15.0 Å². The van der Waals surface area contributed by atoms with Crippen LogP contribution < -0.4 is 0 Å². The predicted octanol–water partition coefficient (Wildman–Crippen LogP) is 15.1. The summed E-state index contributed by atoms with van der Waals surface area (Å²) in [5, 5.41) is 3.69. The van der Waals surface area contributed by atoms with Crippen molar-refractivity contribution in [3.63, 3.8) is 0 Å². The molecule has 59 heavy (non-hydrogen) atoms. The molecule has 0 unspecified atom stereocenters. The van der Waals surface area contributed by atoms with Crippen molar-refractivity contribution in [3.8, 4) is 78.5 Å². The molecule has 0 aliphatic carbocycles. The molecular weight excluding hydrogens is 735 g/mol. The Morgan fingerprint density at radius 3 is 1.32 bits per heavy atom. The number of aromatic nitrogens is 3. The zero-order valence-corrected chi connectivity index (χ0v) is 32.8. The molecule has 0 atom stereocenters. The summed E-state index contributed by atoms with van der Waals surface area (Å²) in [7, 11) is 0. The van der Waals surface area contributed by atoms with E-state index in [1.807, 2.05) is 23.5 Å². The van der Waals surface area contributed by atoms with Gasteiger partial charge in [0.15, 0.2) is 5.82 Å². The molecule has 0 amide bonds. The van der Waals surface area contributed by atoms with Gasteiger partial charge in [0, 0.05) is 43.1 Å². The number of hydrogen-bond donors (Lipinski definition) is 0. The predicted molar refractivity (Wildman–Crippen MR) is 248 cm³/mol. The Hall–Kier alpha value is -7.53. The van der Waals surface area contributed by atoms with Crippen molar-refractivity contribution in [3.05, 3.63) is 212 Å². The number of hydrogen-bond acceptors (Lipinski definition) is 4. The van der Waals surface area contributed by atoms with Crippen LogP contribution in [-0.4, -0.2) is 15.0 Å². The number of pyridine rings is 1. The molecule has 8 aromatic carbocycles. The first-order valence-electron chi connectivity index (χ1n) is 19.8. The number of nitrogens with zero attached hydrogens (tertiary/aromatic N) is 3. The maximum atomic E-state index is 5.40. The quantitative estimate of drug-likeness (QED) is 0.162. The third-order valence-electron chi connectivity index (χ3n) is 11.1. The smallest absolute Gasteiger partial charge is 0.160 e. The summed E-state index contributed by atoms with van der Waals surface area (Å²) in [6.07, 6.45) is 0. The molecular formula is C55H35N3S. The van der Waals surface area contributed by atoms with E-state index in [1.165, 1.54) is 53.4 Å². The molecule has 0 aliphatic rings. The van der Waals surface area contributed by atoms with Crippen LogP contribution in [0.2, 0.25) is 0 Å². The molecule has 0 fully saturated rings. The van der Waals surface area contributed by atoms with Crippen molar-refractivity contribution in [2.24, 2.45) is 0 Å². The second-order valence-corrected chi connectivity index (χ2v) is 15.8. The zero-order valence-electron chi connectivity index (χ0n) is 32.0. The lowest BCUT2D eigenvalue weighted by molar-refractivity contribution is 1.18. The second-order valence-electron chi connectivity index (χ2n) is 14.8. The van der Waals surface area contributed by atoms with Gasteiger partial charge in [-0.05, 0) is 51.6 Å². The van der Waals surface area contributed by atoms with Crippen LogP contribution in [0.15, 0.2) is 212 Å². The van der Waals surface area contributed by atoms with Gasteiger partial charge in [0.05, 0.1) is 27.3 Å². The summed E-state index contributed by atoms with van der Waals surface area (Å²) in [5.74, 6) is 0.675. The molecule has 0 saturated heterocycles. The van der Waals surface area contributed by atoms with Crippen LogP contribution in [-0.2, 0) is 0 Å². The molecule has 3 heterocycles. The largest absolute Gasteiger partial charge is 0.246 e. The van der Waals surface area contributed by atoms with Gasteiger partial charge in [-0.1, -0.05) is 194 Å².